The zero-order chi connectivity index (χ0) is 15.1. The number of likely N-dealkylation sites (tertiary alicyclic amines) is 1. The minimum Gasteiger partial charge on any atom is -0.466 e. The van der Waals surface area contributed by atoms with E-state index < -0.39 is 0 Å². The molecule has 21 heavy (non-hydrogen) atoms. The van der Waals surface area contributed by atoms with Crippen LogP contribution in [0.3, 0.4) is 0 Å². The van der Waals surface area contributed by atoms with Crippen molar-refractivity contribution in [2.45, 2.75) is 32.6 Å². The van der Waals surface area contributed by atoms with Gasteiger partial charge in [0.15, 0.2) is 0 Å². The van der Waals surface area contributed by atoms with Crippen LogP contribution in [0.4, 0.5) is 0 Å². The number of aromatic nitrogens is 1. The fraction of sp³-hybridized carbons (Fsp3) is 0.562. The molecular weight excluding hydrogens is 268 g/mol. The van der Waals surface area contributed by atoms with Gasteiger partial charge < -0.3 is 9.64 Å². The van der Waals surface area contributed by atoms with Crippen LogP contribution in [-0.2, 0) is 20.7 Å². The van der Waals surface area contributed by atoms with Crippen molar-refractivity contribution in [3.63, 3.8) is 0 Å². The Morgan fingerprint density at radius 1 is 1.38 bits per heavy atom. The number of rotatable bonds is 5. The number of nitrogens with zero attached hydrogens (tertiary/aromatic N) is 2. The van der Waals surface area contributed by atoms with Crippen LogP contribution in [0.2, 0.25) is 0 Å². The number of piperidine rings is 1. The summed E-state index contributed by atoms with van der Waals surface area (Å²) in [5.41, 5.74) is 1.08. The molecule has 1 aromatic rings. The summed E-state index contributed by atoms with van der Waals surface area (Å²) in [6.45, 7) is 3.53. The molecule has 5 heteroatoms. The Balaban J connectivity index is 1.74. The molecule has 0 N–H and O–H groups in total. The summed E-state index contributed by atoms with van der Waals surface area (Å²) in [5, 5.41) is 0. The normalized spacial score (nSPS) is 15.8. The Morgan fingerprint density at radius 2 is 2.14 bits per heavy atom. The van der Waals surface area contributed by atoms with Crippen LogP contribution in [0.5, 0.6) is 0 Å². The van der Waals surface area contributed by atoms with Gasteiger partial charge in [0.2, 0.25) is 5.91 Å². The molecule has 1 amide bonds. The van der Waals surface area contributed by atoms with Crippen molar-refractivity contribution in [1.82, 2.24) is 9.88 Å². The first kappa shape index (κ1) is 15.5. The fourth-order valence-corrected chi connectivity index (χ4v) is 2.58. The van der Waals surface area contributed by atoms with Crippen molar-refractivity contribution in [2.24, 2.45) is 5.92 Å². The van der Waals surface area contributed by atoms with Crippen molar-refractivity contribution in [3.8, 4) is 0 Å². The van der Waals surface area contributed by atoms with Gasteiger partial charge in [0, 0.05) is 31.9 Å². The van der Waals surface area contributed by atoms with E-state index in [9.17, 15) is 9.59 Å². The monoisotopic (exact) mass is 290 g/mol. The molecule has 0 spiro atoms. The molecule has 0 saturated carbocycles. The molecule has 0 aliphatic carbocycles. The van der Waals surface area contributed by atoms with Crippen LogP contribution < -0.4 is 0 Å². The third-order valence-corrected chi connectivity index (χ3v) is 3.82. The number of aryl methyl sites for hydroxylation is 1. The van der Waals surface area contributed by atoms with Crippen LogP contribution in [0.1, 0.15) is 31.7 Å². The number of hydrogen-bond donors (Lipinski definition) is 0. The average Bonchev–Trinajstić information content (AvgIpc) is 2.54. The van der Waals surface area contributed by atoms with E-state index in [-0.39, 0.29) is 17.8 Å². The standard InChI is InChI=1S/C16H22N2O3/c1-2-21-16(20)14-7-10-18(11-8-14)15(19)6-5-13-4-3-9-17-12-13/h3-4,9,12,14H,2,5-8,10-11H2,1H3. The SMILES string of the molecule is CCOC(=O)C1CCN(C(=O)CCc2cccnc2)CC1. The van der Waals surface area contributed by atoms with Gasteiger partial charge in [-0.15, -0.1) is 0 Å². The van der Waals surface area contributed by atoms with Crippen LogP contribution in [0.25, 0.3) is 0 Å². The molecule has 0 atom stereocenters. The summed E-state index contributed by atoms with van der Waals surface area (Å²) in [6.07, 6.45) is 6.14. The zero-order valence-corrected chi connectivity index (χ0v) is 12.5. The van der Waals surface area contributed by atoms with Gasteiger partial charge in [-0.3, -0.25) is 14.6 Å². The Kier molecular flexibility index (Phi) is 5.72. The van der Waals surface area contributed by atoms with Gasteiger partial charge >= 0.3 is 5.97 Å². The summed E-state index contributed by atoms with van der Waals surface area (Å²) in [5.74, 6) is -0.0200. The van der Waals surface area contributed by atoms with Gasteiger partial charge in [-0.25, -0.2) is 0 Å². The summed E-state index contributed by atoms with van der Waals surface area (Å²) >= 11 is 0. The predicted molar refractivity (Wildman–Crippen MR) is 78.5 cm³/mol. The third kappa shape index (κ3) is 4.55. The number of hydrogen-bond acceptors (Lipinski definition) is 4. The molecule has 1 aromatic heterocycles. The summed E-state index contributed by atoms with van der Waals surface area (Å²) < 4.78 is 5.03. The molecule has 2 rings (SSSR count). The van der Waals surface area contributed by atoms with Gasteiger partial charge in [0.25, 0.3) is 0 Å². The number of amides is 1. The second-order valence-electron chi connectivity index (χ2n) is 5.27. The predicted octanol–water partition coefficient (Wildman–Crippen LogP) is 1.82. The summed E-state index contributed by atoms with van der Waals surface area (Å²) in [7, 11) is 0. The van der Waals surface area contributed by atoms with E-state index in [1.807, 2.05) is 24.0 Å². The van der Waals surface area contributed by atoms with Crippen LogP contribution in [0.15, 0.2) is 24.5 Å². The molecule has 1 aliphatic heterocycles. The number of esters is 1. The molecule has 2 heterocycles. The van der Waals surface area contributed by atoms with Gasteiger partial charge in [-0.1, -0.05) is 6.07 Å². The van der Waals surface area contributed by atoms with E-state index in [0.29, 0.717) is 45.4 Å². The molecule has 1 aliphatic rings. The highest BCUT2D eigenvalue weighted by molar-refractivity contribution is 5.77. The largest absolute Gasteiger partial charge is 0.466 e. The average molecular weight is 290 g/mol. The number of carbonyl (C=O) groups excluding carboxylic acids is 2. The van der Waals surface area contributed by atoms with Gasteiger partial charge in [0.1, 0.15) is 0 Å². The van der Waals surface area contributed by atoms with Crippen LogP contribution in [-0.4, -0.2) is 41.5 Å². The first-order valence-electron chi connectivity index (χ1n) is 7.54. The maximum atomic E-state index is 12.2. The maximum absolute atomic E-state index is 12.2. The summed E-state index contributed by atoms with van der Waals surface area (Å²) in [4.78, 5) is 29.7. The topological polar surface area (TPSA) is 59.5 Å². The van der Waals surface area contributed by atoms with Crippen molar-refractivity contribution >= 4 is 11.9 Å². The molecular formula is C16H22N2O3. The van der Waals surface area contributed by atoms with E-state index >= 15 is 0 Å². The highest BCUT2D eigenvalue weighted by atomic mass is 16.5. The molecule has 5 nitrogen and oxygen atoms in total. The Morgan fingerprint density at radius 3 is 2.76 bits per heavy atom. The lowest BCUT2D eigenvalue weighted by Crippen LogP contribution is -2.40. The van der Waals surface area contributed by atoms with Gasteiger partial charge in [-0.2, -0.15) is 0 Å². The lowest BCUT2D eigenvalue weighted by molar-refractivity contribution is -0.151. The highest BCUT2D eigenvalue weighted by Gasteiger charge is 2.27. The lowest BCUT2D eigenvalue weighted by atomic mass is 9.96. The number of carbonyl (C=O) groups is 2. The van der Waals surface area contributed by atoms with Crippen molar-refractivity contribution < 1.29 is 14.3 Å². The Hall–Kier alpha value is -1.91. The van der Waals surface area contributed by atoms with E-state index in [2.05, 4.69) is 4.98 Å². The molecule has 1 fully saturated rings. The van der Waals surface area contributed by atoms with Crippen molar-refractivity contribution in [3.05, 3.63) is 30.1 Å². The smallest absolute Gasteiger partial charge is 0.309 e. The minimum absolute atomic E-state index is 0.0488. The van der Waals surface area contributed by atoms with Crippen LogP contribution in [0, 0.1) is 5.92 Å². The first-order chi connectivity index (χ1) is 10.2. The molecule has 114 valence electrons. The molecule has 0 aromatic carbocycles. The zero-order valence-electron chi connectivity index (χ0n) is 12.5. The Bertz CT molecular complexity index is 468. The van der Waals surface area contributed by atoms with Crippen molar-refractivity contribution in [1.29, 1.82) is 0 Å². The Labute approximate surface area is 125 Å². The third-order valence-electron chi connectivity index (χ3n) is 3.82. The minimum atomic E-state index is -0.125. The fourth-order valence-electron chi connectivity index (χ4n) is 2.58. The van der Waals surface area contributed by atoms with Crippen LogP contribution >= 0.6 is 0 Å². The summed E-state index contributed by atoms with van der Waals surface area (Å²) in [6, 6.07) is 3.86. The van der Waals surface area contributed by atoms with Gasteiger partial charge in [-0.05, 0) is 37.8 Å². The van der Waals surface area contributed by atoms with Crippen molar-refractivity contribution in [2.75, 3.05) is 19.7 Å². The van der Waals surface area contributed by atoms with E-state index in [1.54, 1.807) is 12.4 Å². The van der Waals surface area contributed by atoms with E-state index in [0.717, 1.165) is 5.56 Å². The van der Waals surface area contributed by atoms with Gasteiger partial charge in [0.05, 0.1) is 12.5 Å². The first-order valence-corrected chi connectivity index (χ1v) is 7.54. The molecule has 1 saturated heterocycles. The highest BCUT2D eigenvalue weighted by Crippen LogP contribution is 2.19. The van der Waals surface area contributed by atoms with E-state index in [1.165, 1.54) is 0 Å². The van der Waals surface area contributed by atoms with E-state index in [4.69, 9.17) is 4.74 Å². The molecule has 0 unspecified atom stereocenters. The maximum Gasteiger partial charge on any atom is 0.309 e. The second-order valence-corrected chi connectivity index (χ2v) is 5.27. The molecule has 0 radical (unpaired) electrons. The molecule has 0 bridgehead atoms. The lowest BCUT2D eigenvalue weighted by Gasteiger charge is -2.31. The number of ether oxygens (including phenoxy) is 1. The quantitative estimate of drug-likeness (QED) is 0.776. The number of pyridine rings is 1. The second kappa shape index (κ2) is 7.76.